The lowest BCUT2D eigenvalue weighted by atomic mass is 10.1. The predicted molar refractivity (Wildman–Crippen MR) is 126 cm³/mol. The van der Waals surface area contributed by atoms with Gasteiger partial charge in [-0.25, -0.2) is 9.97 Å². The second-order valence-electron chi connectivity index (χ2n) is 7.02. The van der Waals surface area contributed by atoms with Crippen LogP contribution in [0.25, 0.3) is 11.3 Å². The number of aryl methyl sites for hydroxylation is 1. The molecule has 4 rings (SSSR count). The molecule has 0 saturated carbocycles. The summed E-state index contributed by atoms with van der Waals surface area (Å²) in [5, 5.41) is 17.9. The number of nitrogens with zero attached hydrogens (tertiary/aromatic N) is 3. The van der Waals surface area contributed by atoms with Crippen LogP contribution < -0.4 is 10.6 Å². The molecular formula is C23H20ClN5O2S. The Labute approximate surface area is 194 Å². The van der Waals surface area contributed by atoms with E-state index in [1.165, 1.54) is 17.5 Å². The van der Waals surface area contributed by atoms with Crippen molar-refractivity contribution < 1.29 is 9.90 Å². The first kappa shape index (κ1) is 21.9. The van der Waals surface area contributed by atoms with Gasteiger partial charge in [0.25, 0.3) is 5.91 Å². The van der Waals surface area contributed by atoms with Gasteiger partial charge in [-0.1, -0.05) is 41.9 Å². The summed E-state index contributed by atoms with van der Waals surface area (Å²) in [6, 6.07) is 14.3. The van der Waals surface area contributed by atoms with Gasteiger partial charge in [0, 0.05) is 28.5 Å². The molecule has 0 aliphatic heterocycles. The first-order valence-corrected chi connectivity index (χ1v) is 11.1. The SMILES string of the molecule is Cc1cc(Nc2ncc(Cl)c(-c3csc(C(=O)N[C@@H](CO)c4ccccc4)c3)n2)ccn1. The van der Waals surface area contributed by atoms with Gasteiger partial charge in [0.15, 0.2) is 0 Å². The molecule has 0 fully saturated rings. The molecule has 0 bridgehead atoms. The zero-order valence-corrected chi connectivity index (χ0v) is 18.7. The number of hydrogen-bond acceptors (Lipinski definition) is 7. The molecule has 32 heavy (non-hydrogen) atoms. The Kier molecular flexibility index (Phi) is 6.75. The highest BCUT2D eigenvalue weighted by Crippen LogP contribution is 2.31. The van der Waals surface area contributed by atoms with Gasteiger partial charge in [0.05, 0.1) is 34.4 Å². The van der Waals surface area contributed by atoms with E-state index in [-0.39, 0.29) is 12.5 Å². The number of aromatic nitrogens is 3. The average molecular weight is 466 g/mol. The summed E-state index contributed by atoms with van der Waals surface area (Å²) >= 11 is 7.62. The first-order chi connectivity index (χ1) is 15.5. The molecule has 0 radical (unpaired) electrons. The van der Waals surface area contributed by atoms with Gasteiger partial charge in [-0.05, 0) is 30.7 Å². The highest BCUT2D eigenvalue weighted by molar-refractivity contribution is 7.12. The number of aliphatic hydroxyl groups is 1. The van der Waals surface area contributed by atoms with E-state index in [1.807, 2.05) is 54.8 Å². The molecule has 1 amide bonds. The summed E-state index contributed by atoms with van der Waals surface area (Å²) in [5.74, 6) is 0.108. The van der Waals surface area contributed by atoms with Crippen molar-refractivity contribution in [2.24, 2.45) is 0 Å². The van der Waals surface area contributed by atoms with Crippen LogP contribution >= 0.6 is 22.9 Å². The van der Waals surface area contributed by atoms with Gasteiger partial charge in [-0.2, -0.15) is 0 Å². The van der Waals surface area contributed by atoms with Gasteiger partial charge >= 0.3 is 0 Å². The summed E-state index contributed by atoms with van der Waals surface area (Å²) < 4.78 is 0. The van der Waals surface area contributed by atoms with Crippen molar-refractivity contribution in [2.45, 2.75) is 13.0 Å². The number of benzene rings is 1. The maximum atomic E-state index is 12.8. The van der Waals surface area contributed by atoms with Crippen LogP contribution in [0.5, 0.6) is 0 Å². The molecule has 3 N–H and O–H groups in total. The molecular weight excluding hydrogens is 446 g/mol. The summed E-state index contributed by atoms with van der Waals surface area (Å²) in [5.41, 5.74) is 3.75. The lowest BCUT2D eigenvalue weighted by Crippen LogP contribution is -2.30. The third-order valence-corrected chi connectivity index (χ3v) is 5.89. The molecule has 1 aromatic carbocycles. The fourth-order valence-electron chi connectivity index (χ4n) is 3.11. The molecule has 162 valence electrons. The van der Waals surface area contributed by atoms with Crippen molar-refractivity contribution in [3.05, 3.63) is 87.5 Å². The molecule has 1 atom stereocenters. The van der Waals surface area contributed by atoms with E-state index in [0.717, 1.165) is 16.9 Å². The third kappa shape index (κ3) is 5.11. The van der Waals surface area contributed by atoms with Gasteiger partial charge < -0.3 is 15.7 Å². The predicted octanol–water partition coefficient (Wildman–Crippen LogP) is 4.77. The molecule has 3 heterocycles. The van der Waals surface area contributed by atoms with Gasteiger partial charge in [-0.15, -0.1) is 11.3 Å². The Morgan fingerprint density at radius 2 is 2.00 bits per heavy atom. The molecule has 0 aliphatic rings. The first-order valence-electron chi connectivity index (χ1n) is 9.81. The maximum Gasteiger partial charge on any atom is 0.261 e. The van der Waals surface area contributed by atoms with Crippen LogP contribution in [0.2, 0.25) is 5.02 Å². The zero-order chi connectivity index (χ0) is 22.5. The molecule has 3 aromatic heterocycles. The standard InChI is InChI=1S/C23H20ClN5O2S/c1-14-9-17(7-8-25-14)27-23-26-11-18(24)21(29-23)16-10-20(32-13-16)22(31)28-19(12-30)15-5-3-2-4-6-15/h2-11,13,19,30H,12H2,1H3,(H,28,31)(H,25,26,27,29)/t19-/m0/s1. The molecule has 0 saturated heterocycles. The fraction of sp³-hybridized carbons (Fsp3) is 0.130. The Balaban J connectivity index is 1.53. The normalized spacial score (nSPS) is 11.7. The summed E-state index contributed by atoms with van der Waals surface area (Å²) in [6.07, 6.45) is 3.22. The quantitative estimate of drug-likeness (QED) is 0.363. The number of nitrogens with one attached hydrogen (secondary N) is 2. The summed E-state index contributed by atoms with van der Waals surface area (Å²) in [4.78, 5) is 26.2. The number of halogens is 1. The average Bonchev–Trinajstić information content (AvgIpc) is 3.29. The smallest absolute Gasteiger partial charge is 0.261 e. The Hall–Kier alpha value is -3.33. The van der Waals surface area contributed by atoms with Crippen LogP contribution in [0.4, 0.5) is 11.6 Å². The summed E-state index contributed by atoms with van der Waals surface area (Å²) in [7, 11) is 0. The van der Waals surface area contributed by atoms with E-state index in [4.69, 9.17) is 11.6 Å². The van der Waals surface area contributed by atoms with Crippen molar-refractivity contribution in [1.29, 1.82) is 0 Å². The van der Waals surface area contributed by atoms with Crippen molar-refractivity contribution in [3.8, 4) is 11.3 Å². The molecule has 4 aromatic rings. The van der Waals surface area contributed by atoms with Crippen LogP contribution in [-0.4, -0.2) is 32.6 Å². The minimum absolute atomic E-state index is 0.199. The van der Waals surface area contributed by atoms with E-state index in [1.54, 1.807) is 12.3 Å². The van der Waals surface area contributed by atoms with Gasteiger partial charge in [0.1, 0.15) is 0 Å². The number of rotatable bonds is 7. The number of thiophene rings is 1. The van der Waals surface area contributed by atoms with Crippen LogP contribution in [0.3, 0.4) is 0 Å². The second kappa shape index (κ2) is 9.86. The van der Waals surface area contributed by atoms with Crippen molar-refractivity contribution in [3.63, 3.8) is 0 Å². The summed E-state index contributed by atoms with van der Waals surface area (Å²) in [6.45, 7) is 1.70. The minimum Gasteiger partial charge on any atom is -0.394 e. The number of carbonyl (C=O) groups is 1. The fourth-order valence-corrected chi connectivity index (χ4v) is 4.11. The zero-order valence-electron chi connectivity index (χ0n) is 17.1. The van der Waals surface area contributed by atoms with Crippen molar-refractivity contribution in [2.75, 3.05) is 11.9 Å². The Morgan fingerprint density at radius 3 is 2.75 bits per heavy atom. The molecule has 0 unspecified atom stereocenters. The van der Waals surface area contributed by atoms with Gasteiger partial charge in [0.2, 0.25) is 5.95 Å². The number of carbonyl (C=O) groups excluding carboxylic acids is 1. The number of anilines is 2. The second-order valence-corrected chi connectivity index (χ2v) is 8.34. The Bertz CT molecular complexity index is 1230. The van der Waals surface area contributed by atoms with E-state index < -0.39 is 6.04 Å². The van der Waals surface area contributed by atoms with Crippen LogP contribution in [0.15, 0.2) is 66.3 Å². The minimum atomic E-state index is -0.489. The number of hydrogen-bond donors (Lipinski definition) is 3. The van der Waals surface area contributed by atoms with E-state index in [2.05, 4.69) is 25.6 Å². The molecule has 7 nitrogen and oxygen atoms in total. The third-order valence-electron chi connectivity index (χ3n) is 4.68. The van der Waals surface area contributed by atoms with Crippen LogP contribution in [0.1, 0.15) is 27.0 Å². The highest BCUT2D eigenvalue weighted by Gasteiger charge is 2.18. The molecule has 9 heteroatoms. The lowest BCUT2D eigenvalue weighted by molar-refractivity contribution is 0.0920. The monoisotopic (exact) mass is 465 g/mol. The Morgan fingerprint density at radius 1 is 1.19 bits per heavy atom. The van der Waals surface area contributed by atoms with Gasteiger partial charge in [-0.3, -0.25) is 9.78 Å². The number of pyridine rings is 1. The van der Waals surface area contributed by atoms with Crippen molar-refractivity contribution in [1.82, 2.24) is 20.3 Å². The molecule has 0 aliphatic carbocycles. The van der Waals surface area contributed by atoms with Crippen LogP contribution in [0, 0.1) is 6.92 Å². The number of aliphatic hydroxyl groups excluding tert-OH is 1. The van der Waals surface area contributed by atoms with Crippen LogP contribution in [-0.2, 0) is 0 Å². The van der Waals surface area contributed by atoms with E-state index >= 15 is 0 Å². The molecule has 0 spiro atoms. The largest absolute Gasteiger partial charge is 0.394 e. The van der Waals surface area contributed by atoms with E-state index in [0.29, 0.717) is 27.1 Å². The lowest BCUT2D eigenvalue weighted by Gasteiger charge is -2.16. The topological polar surface area (TPSA) is 100 Å². The highest BCUT2D eigenvalue weighted by atomic mass is 35.5. The van der Waals surface area contributed by atoms with E-state index in [9.17, 15) is 9.90 Å². The maximum absolute atomic E-state index is 12.8. The number of amides is 1. The van der Waals surface area contributed by atoms with Crippen molar-refractivity contribution >= 4 is 40.5 Å².